The van der Waals surface area contributed by atoms with Crippen LogP contribution in [0.1, 0.15) is 67.7 Å². The van der Waals surface area contributed by atoms with Crippen LogP contribution in [0.25, 0.3) is 0 Å². The predicted octanol–water partition coefficient (Wildman–Crippen LogP) is -0.531. The number of hydrogen-bond donors (Lipinski definition) is 7. The Morgan fingerprint density at radius 1 is 0.848 bits per heavy atom. The van der Waals surface area contributed by atoms with Gasteiger partial charge < -0.3 is 36.4 Å². The molecule has 0 spiro atoms. The molecule has 0 saturated carbocycles. The van der Waals surface area contributed by atoms with E-state index in [9.17, 15) is 34.8 Å². The summed E-state index contributed by atoms with van der Waals surface area (Å²) < 4.78 is 0. The van der Waals surface area contributed by atoms with E-state index in [0.717, 1.165) is 0 Å². The minimum Gasteiger partial charge on any atom is -0.390 e. The second-order valence-electron chi connectivity index (χ2n) is 9.53. The van der Waals surface area contributed by atoms with Crippen molar-refractivity contribution >= 4 is 17.6 Å². The fourth-order valence-electron chi connectivity index (χ4n) is 3.28. The molecular weight excluding hydrogens is 430 g/mol. The van der Waals surface area contributed by atoms with Gasteiger partial charge in [0.05, 0.1) is 24.3 Å². The van der Waals surface area contributed by atoms with Crippen LogP contribution in [0.2, 0.25) is 0 Å². The molecule has 0 aliphatic carbocycles. The zero-order valence-electron chi connectivity index (χ0n) is 21.0. The average Bonchev–Trinajstić information content (AvgIpc) is 2.75. The van der Waals surface area contributed by atoms with Gasteiger partial charge in [-0.3, -0.25) is 14.4 Å². The van der Waals surface area contributed by atoms with E-state index in [-0.39, 0.29) is 55.4 Å². The summed E-state index contributed by atoms with van der Waals surface area (Å²) in [6.45, 7) is 12.4. The van der Waals surface area contributed by atoms with Gasteiger partial charge in [0.25, 0.3) is 0 Å². The third-order valence-corrected chi connectivity index (χ3v) is 5.42. The van der Waals surface area contributed by atoms with Gasteiger partial charge in [-0.15, -0.1) is 0 Å². The number of hydrogen-bond acceptors (Lipinski definition) is 8. The number of rotatable bonds is 16. The Bertz CT molecular complexity index is 613. The summed E-state index contributed by atoms with van der Waals surface area (Å²) in [5.74, 6) is -1.31. The van der Waals surface area contributed by atoms with Crippen LogP contribution in [0.3, 0.4) is 0 Å². The highest BCUT2D eigenvalue weighted by atomic mass is 16.4. The fraction of sp³-hybridized carbons (Fsp3) is 0.870. The predicted molar refractivity (Wildman–Crippen MR) is 125 cm³/mol. The van der Waals surface area contributed by atoms with Gasteiger partial charge in [-0.25, -0.2) is 0 Å². The molecule has 6 atom stereocenters. The molecule has 0 aromatic carbocycles. The number of ketones is 1. The molecule has 10 heteroatoms. The lowest BCUT2D eigenvalue weighted by atomic mass is 9.96. The Kier molecular flexibility index (Phi) is 14.6. The van der Waals surface area contributed by atoms with Crippen molar-refractivity contribution in [2.24, 2.45) is 11.8 Å². The van der Waals surface area contributed by atoms with Crippen LogP contribution in [-0.4, -0.2) is 87.1 Å². The van der Waals surface area contributed by atoms with Gasteiger partial charge in [-0.2, -0.15) is 0 Å². The highest BCUT2D eigenvalue weighted by Gasteiger charge is 2.31. The van der Waals surface area contributed by atoms with Crippen LogP contribution in [0.4, 0.5) is 0 Å². The number of Topliss-reactive ketones (excluding diaryl/α,β-unsaturated/α-hetero) is 1. The van der Waals surface area contributed by atoms with Gasteiger partial charge in [-0.1, -0.05) is 48.5 Å². The highest BCUT2D eigenvalue weighted by molar-refractivity contribution is 5.92. The van der Waals surface area contributed by atoms with Crippen molar-refractivity contribution in [1.29, 1.82) is 0 Å². The lowest BCUT2D eigenvalue weighted by Crippen LogP contribution is -2.54. The zero-order valence-corrected chi connectivity index (χ0v) is 21.0. The summed E-state index contributed by atoms with van der Waals surface area (Å²) in [5, 5.41) is 47.6. The molecule has 0 fully saturated rings. The summed E-state index contributed by atoms with van der Waals surface area (Å²) in [5.41, 5.74) is 0. The first-order chi connectivity index (χ1) is 15.2. The Balaban J connectivity index is 4.96. The molecule has 194 valence electrons. The summed E-state index contributed by atoms with van der Waals surface area (Å²) in [7, 11) is 0. The smallest absolute Gasteiger partial charge is 0.237 e. The SMILES string of the molecule is CC[C@@H](O)[C@@H](O)[C@H](O)[C@@H](O)CNC(=O)CC[C@H](NC(=O)[C@@H](NC(C)C)C(C)C)C(=O)C(C)C. The Labute approximate surface area is 197 Å². The molecule has 33 heavy (non-hydrogen) atoms. The molecule has 0 rings (SSSR count). The molecule has 0 bridgehead atoms. The largest absolute Gasteiger partial charge is 0.390 e. The van der Waals surface area contributed by atoms with Crippen molar-refractivity contribution < 1.29 is 34.8 Å². The topological polar surface area (TPSA) is 168 Å². The molecule has 7 N–H and O–H groups in total. The van der Waals surface area contributed by atoms with E-state index in [1.54, 1.807) is 20.8 Å². The van der Waals surface area contributed by atoms with E-state index in [1.165, 1.54) is 0 Å². The molecule has 0 heterocycles. The molecule has 0 aliphatic rings. The average molecular weight is 476 g/mol. The second-order valence-corrected chi connectivity index (χ2v) is 9.53. The van der Waals surface area contributed by atoms with Crippen molar-refractivity contribution in [2.45, 2.75) is 110 Å². The van der Waals surface area contributed by atoms with Gasteiger partial charge >= 0.3 is 0 Å². The Morgan fingerprint density at radius 3 is 1.85 bits per heavy atom. The lowest BCUT2D eigenvalue weighted by Gasteiger charge is -2.27. The minimum atomic E-state index is -1.63. The summed E-state index contributed by atoms with van der Waals surface area (Å²) in [6.07, 6.45) is -5.66. The van der Waals surface area contributed by atoms with Gasteiger partial charge in [0, 0.05) is 24.9 Å². The van der Waals surface area contributed by atoms with Crippen molar-refractivity contribution in [1.82, 2.24) is 16.0 Å². The van der Waals surface area contributed by atoms with Crippen LogP contribution in [-0.2, 0) is 14.4 Å². The van der Waals surface area contributed by atoms with Gasteiger partial charge in [-0.05, 0) is 18.8 Å². The van der Waals surface area contributed by atoms with Crippen molar-refractivity contribution in [2.75, 3.05) is 6.54 Å². The first-order valence-electron chi connectivity index (χ1n) is 11.8. The van der Waals surface area contributed by atoms with E-state index < -0.39 is 42.4 Å². The maximum Gasteiger partial charge on any atom is 0.237 e. The zero-order chi connectivity index (χ0) is 25.9. The third-order valence-electron chi connectivity index (χ3n) is 5.42. The maximum absolute atomic E-state index is 12.8. The quantitative estimate of drug-likeness (QED) is 0.156. The molecular formula is C23H45N3O7. The monoisotopic (exact) mass is 475 g/mol. The number of carbonyl (C=O) groups excluding carboxylic acids is 3. The highest BCUT2D eigenvalue weighted by Crippen LogP contribution is 2.10. The van der Waals surface area contributed by atoms with Crippen LogP contribution < -0.4 is 16.0 Å². The molecule has 0 aromatic rings. The van der Waals surface area contributed by atoms with Crippen LogP contribution >= 0.6 is 0 Å². The summed E-state index contributed by atoms with van der Waals surface area (Å²) in [6, 6.07) is -1.25. The number of aliphatic hydroxyl groups excluding tert-OH is 4. The Hall–Kier alpha value is -1.59. The fourth-order valence-corrected chi connectivity index (χ4v) is 3.28. The summed E-state index contributed by atoms with van der Waals surface area (Å²) in [4.78, 5) is 37.7. The molecule has 0 aliphatic heterocycles. The van der Waals surface area contributed by atoms with E-state index >= 15 is 0 Å². The maximum atomic E-state index is 12.8. The molecule has 2 amide bonds. The number of nitrogens with one attached hydrogen (secondary N) is 3. The second kappa shape index (κ2) is 15.3. The number of amides is 2. The van der Waals surface area contributed by atoms with Gasteiger partial charge in [0.15, 0.2) is 5.78 Å². The van der Waals surface area contributed by atoms with Crippen LogP contribution in [0.15, 0.2) is 0 Å². The van der Waals surface area contributed by atoms with Crippen LogP contribution in [0, 0.1) is 11.8 Å². The summed E-state index contributed by atoms with van der Waals surface area (Å²) >= 11 is 0. The Morgan fingerprint density at radius 2 is 1.39 bits per heavy atom. The first kappa shape index (κ1) is 31.4. The van der Waals surface area contributed by atoms with Crippen molar-refractivity contribution in [3.8, 4) is 0 Å². The van der Waals surface area contributed by atoms with Crippen molar-refractivity contribution in [3.05, 3.63) is 0 Å². The van der Waals surface area contributed by atoms with Gasteiger partial charge in [0.1, 0.15) is 12.2 Å². The number of carbonyl (C=O) groups is 3. The van der Waals surface area contributed by atoms with Crippen LogP contribution in [0.5, 0.6) is 0 Å². The van der Waals surface area contributed by atoms with E-state index in [0.29, 0.717) is 0 Å². The lowest BCUT2D eigenvalue weighted by molar-refractivity contribution is -0.132. The molecule has 0 unspecified atom stereocenters. The molecule has 0 saturated heterocycles. The first-order valence-corrected chi connectivity index (χ1v) is 11.8. The van der Waals surface area contributed by atoms with Gasteiger partial charge in [0.2, 0.25) is 11.8 Å². The van der Waals surface area contributed by atoms with E-state index in [1.807, 2.05) is 27.7 Å². The van der Waals surface area contributed by atoms with Crippen molar-refractivity contribution in [3.63, 3.8) is 0 Å². The van der Waals surface area contributed by atoms with E-state index in [4.69, 9.17) is 0 Å². The number of aliphatic hydroxyl groups is 4. The third kappa shape index (κ3) is 11.4. The molecule has 0 radical (unpaired) electrons. The van der Waals surface area contributed by atoms with E-state index in [2.05, 4.69) is 16.0 Å². The molecule has 10 nitrogen and oxygen atoms in total. The minimum absolute atomic E-state index is 0.00000631. The molecule has 0 aromatic heterocycles. The standard InChI is InChI=1S/C23H45N3O7/c1-8-16(27)21(31)22(32)17(28)11-24-18(29)10-9-15(20(30)13(4)5)26-23(33)19(12(2)3)25-14(6)7/h12-17,19,21-22,25,27-28,31-32H,8-11H2,1-7H3,(H,24,29)(H,26,33)/t15-,16+,17-,19-,21+,22+/m0/s1. The normalized spacial score (nSPS) is 17.4.